The van der Waals surface area contributed by atoms with Crippen molar-refractivity contribution >= 4 is 11.4 Å². The summed E-state index contributed by atoms with van der Waals surface area (Å²) in [4.78, 5) is 26.7. The van der Waals surface area contributed by atoms with E-state index in [9.17, 15) is 13.6 Å². The van der Waals surface area contributed by atoms with Crippen molar-refractivity contribution in [2.45, 2.75) is 18.9 Å². The maximum Gasteiger partial charge on any atom is 0.312 e. The van der Waals surface area contributed by atoms with E-state index in [1.165, 1.54) is 35.1 Å². The van der Waals surface area contributed by atoms with Gasteiger partial charge >= 0.3 is 11.8 Å². The molecule has 0 unspecified atom stereocenters. The third kappa shape index (κ3) is 3.56. The molecule has 0 spiro atoms. The summed E-state index contributed by atoms with van der Waals surface area (Å²) >= 11 is 0. The second-order valence-corrected chi connectivity index (χ2v) is 8.07. The second-order valence-electron chi connectivity index (χ2n) is 8.07. The standard InChI is InChI=1S/C23H18F2N8O3/c1-35-13-5-6-15(26-10-13)21-29-30-22(36-21)23(34)32-8-7-14-18(28-11-27-14)19(32)16-9-12-3-2-4-17(20(24)25)33(12)31-16/h2-6,9-11,19-20H,7-8H2,1H3,(H,27,28)/t19-/m1/s1. The number of halogens is 2. The fourth-order valence-corrected chi connectivity index (χ4v) is 4.31. The Kier molecular flexibility index (Phi) is 5.16. The van der Waals surface area contributed by atoms with E-state index in [2.05, 4.69) is 30.2 Å². The fraction of sp³-hybridized carbons (Fsp3) is 0.217. The monoisotopic (exact) mass is 492 g/mol. The molecule has 11 nitrogen and oxygen atoms in total. The van der Waals surface area contributed by atoms with Crippen LogP contribution in [-0.2, 0) is 6.42 Å². The van der Waals surface area contributed by atoms with Gasteiger partial charge in [0.2, 0.25) is 0 Å². The van der Waals surface area contributed by atoms with Crippen molar-refractivity contribution in [2.75, 3.05) is 13.7 Å². The first kappa shape index (κ1) is 21.8. The van der Waals surface area contributed by atoms with Gasteiger partial charge in [-0.3, -0.25) is 4.79 Å². The van der Waals surface area contributed by atoms with Gasteiger partial charge in [0.05, 0.1) is 36.5 Å². The van der Waals surface area contributed by atoms with E-state index in [0.29, 0.717) is 41.3 Å². The summed E-state index contributed by atoms with van der Waals surface area (Å²) in [6, 6.07) is 8.77. The Morgan fingerprint density at radius 2 is 2.11 bits per heavy atom. The lowest BCUT2D eigenvalue weighted by atomic mass is 9.99. The van der Waals surface area contributed by atoms with Crippen molar-refractivity contribution in [1.82, 2.24) is 39.7 Å². The fourth-order valence-electron chi connectivity index (χ4n) is 4.31. The van der Waals surface area contributed by atoms with E-state index in [0.717, 1.165) is 5.69 Å². The summed E-state index contributed by atoms with van der Waals surface area (Å²) in [7, 11) is 1.53. The molecule has 0 saturated heterocycles. The van der Waals surface area contributed by atoms with E-state index >= 15 is 0 Å². The van der Waals surface area contributed by atoms with Crippen molar-refractivity contribution in [3.05, 3.63) is 77.6 Å². The number of aromatic nitrogens is 7. The average Bonchev–Trinajstić information content (AvgIpc) is 3.66. The lowest BCUT2D eigenvalue weighted by Crippen LogP contribution is -2.41. The first-order chi connectivity index (χ1) is 17.5. The zero-order valence-electron chi connectivity index (χ0n) is 18.8. The number of ether oxygens (including phenoxy) is 1. The number of H-pyrrole nitrogens is 1. The molecule has 6 rings (SSSR count). The van der Waals surface area contributed by atoms with Gasteiger partial charge in [-0.25, -0.2) is 23.3 Å². The minimum atomic E-state index is -2.71. The van der Waals surface area contributed by atoms with E-state index < -0.39 is 18.4 Å². The lowest BCUT2D eigenvalue weighted by molar-refractivity contribution is 0.0646. The number of imidazole rings is 1. The minimum Gasteiger partial charge on any atom is -0.495 e. The van der Waals surface area contributed by atoms with Crippen LogP contribution in [0.3, 0.4) is 0 Å². The first-order valence-corrected chi connectivity index (χ1v) is 11.0. The molecular formula is C23H18F2N8O3. The van der Waals surface area contributed by atoms with Gasteiger partial charge in [0.1, 0.15) is 23.2 Å². The zero-order chi connectivity index (χ0) is 24.8. The molecule has 0 aromatic carbocycles. The second kappa shape index (κ2) is 8.52. The van der Waals surface area contributed by atoms with Crippen molar-refractivity contribution in [1.29, 1.82) is 0 Å². The predicted molar refractivity (Wildman–Crippen MR) is 119 cm³/mol. The van der Waals surface area contributed by atoms with Gasteiger partial charge in [-0.2, -0.15) is 5.10 Å². The number of nitrogens with one attached hydrogen (secondary N) is 1. The summed E-state index contributed by atoms with van der Waals surface area (Å²) in [5, 5.41) is 12.3. The smallest absolute Gasteiger partial charge is 0.312 e. The van der Waals surface area contributed by atoms with E-state index in [1.54, 1.807) is 30.3 Å². The van der Waals surface area contributed by atoms with Gasteiger partial charge in [0.15, 0.2) is 0 Å². The maximum absolute atomic E-state index is 13.6. The molecule has 36 heavy (non-hydrogen) atoms. The van der Waals surface area contributed by atoms with Crippen molar-refractivity contribution in [3.63, 3.8) is 0 Å². The number of hydrogen-bond donors (Lipinski definition) is 1. The molecule has 13 heteroatoms. The molecule has 0 bridgehead atoms. The normalized spacial score (nSPS) is 15.4. The van der Waals surface area contributed by atoms with E-state index in [1.807, 2.05) is 0 Å². The largest absolute Gasteiger partial charge is 0.495 e. The minimum absolute atomic E-state index is 0.0735. The van der Waals surface area contributed by atoms with Gasteiger partial charge < -0.3 is 19.0 Å². The van der Waals surface area contributed by atoms with Crippen molar-refractivity contribution in [2.24, 2.45) is 0 Å². The zero-order valence-corrected chi connectivity index (χ0v) is 18.8. The number of rotatable bonds is 5. The molecule has 0 radical (unpaired) electrons. The highest BCUT2D eigenvalue weighted by Gasteiger charge is 2.38. The lowest BCUT2D eigenvalue weighted by Gasteiger charge is -2.32. The molecule has 1 aliphatic rings. The average molecular weight is 492 g/mol. The SMILES string of the molecule is COc1ccc(-c2nnc(C(=O)N3CCc4[nH]cnc4[C@H]3c3cc4cccc(C(F)F)n4n3)o2)nc1. The summed E-state index contributed by atoms with van der Waals surface area (Å²) in [5.41, 5.74) is 2.41. The van der Waals surface area contributed by atoms with Gasteiger partial charge in [-0.05, 0) is 30.3 Å². The number of hydrogen-bond acceptors (Lipinski definition) is 8. The van der Waals surface area contributed by atoms with Gasteiger partial charge in [-0.15, -0.1) is 10.2 Å². The van der Waals surface area contributed by atoms with E-state index in [-0.39, 0.29) is 17.5 Å². The van der Waals surface area contributed by atoms with Crippen LogP contribution in [0.2, 0.25) is 0 Å². The molecule has 5 aromatic heterocycles. The Morgan fingerprint density at radius 3 is 2.89 bits per heavy atom. The van der Waals surface area contributed by atoms with Crippen LogP contribution in [0.5, 0.6) is 5.75 Å². The van der Waals surface area contributed by atoms with Crippen LogP contribution in [0, 0.1) is 0 Å². The Balaban J connectivity index is 1.38. The molecule has 182 valence electrons. The van der Waals surface area contributed by atoms with Gasteiger partial charge in [0, 0.05) is 18.7 Å². The molecule has 5 aromatic rings. The number of alkyl halides is 2. The van der Waals surface area contributed by atoms with Crippen LogP contribution >= 0.6 is 0 Å². The Morgan fingerprint density at radius 1 is 1.22 bits per heavy atom. The van der Waals surface area contributed by atoms with Crippen molar-refractivity contribution in [3.8, 4) is 17.3 Å². The van der Waals surface area contributed by atoms with Crippen LogP contribution in [-0.4, -0.2) is 59.2 Å². The highest BCUT2D eigenvalue weighted by molar-refractivity contribution is 5.90. The molecule has 1 amide bonds. The highest BCUT2D eigenvalue weighted by Crippen LogP contribution is 2.35. The Bertz CT molecular complexity index is 1560. The topological polar surface area (TPSA) is 127 Å². The van der Waals surface area contributed by atoms with Crippen LogP contribution < -0.4 is 4.74 Å². The highest BCUT2D eigenvalue weighted by atomic mass is 19.3. The summed E-state index contributed by atoms with van der Waals surface area (Å²) in [6.07, 6.45) is 0.827. The molecule has 1 aliphatic heterocycles. The first-order valence-electron chi connectivity index (χ1n) is 11.0. The van der Waals surface area contributed by atoms with Crippen LogP contribution in [0.4, 0.5) is 8.78 Å². The number of carbonyl (C=O) groups excluding carboxylic acids is 1. The molecule has 1 N–H and O–H groups in total. The summed E-state index contributed by atoms with van der Waals surface area (Å²) in [5.74, 6) is -0.136. The molecule has 0 aliphatic carbocycles. The summed E-state index contributed by atoms with van der Waals surface area (Å²) in [6.45, 7) is 0.298. The number of amides is 1. The third-order valence-electron chi connectivity index (χ3n) is 6.02. The van der Waals surface area contributed by atoms with E-state index in [4.69, 9.17) is 9.15 Å². The number of pyridine rings is 2. The van der Waals surface area contributed by atoms with Gasteiger partial charge in [0.25, 0.3) is 12.3 Å². The quantitative estimate of drug-likeness (QED) is 0.396. The molecule has 1 atom stereocenters. The van der Waals surface area contributed by atoms with Gasteiger partial charge in [-0.1, -0.05) is 6.07 Å². The molecule has 6 heterocycles. The maximum atomic E-state index is 13.6. The number of aromatic amines is 1. The summed E-state index contributed by atoms with van der Waals surface area (Å²) < 4.78 is 39.1. The Labute approximate surface area is 201 Å². The third-order valence-corrected chi connectivity index (χ3v) is 6.02. The number of carbonyl (C=O) groups is 1. The predicted octanol–water partition coefficient (Wildman–Crippen LogP) is 3.24. The number of nitrogens with zero attached hydrogens (tertiary/aromatic N) is 7. The molecule has 0 fully saturated rings. The van der Waals surface area contributed by atoms with Crippen LogP contribution in [0.1, 0.15) is 45.9 Å². The number of fused-ring (bicyclic) bond motifs is 2. The van der Waals surface area contributed by atoms with Crippen LogP contribution in [0.15, 0.2) is 53.3 Å². The number of methoxy groups -OCH3 is 1. The Hall–Kier alpha value is -4.68. The van der Waals surface area contributed by atoms with Crippen molar-refractivity contribution < 1.29 is 22.7 Å². The molecular weight excluding hydrogens is 474 g/mol. The van der Waals surface area contributed by atoms with Crippen LogP contribution in [0.25, 0.3) is 17.1 Å². The molecule has 0 saturated carbocycles.